The van der Waals surface area contributed by atoms with E-state index in [-0.39, 0.29) is 30.3 Å². The first-order valence-corrected chi connectivity index (χ1v) is 8.06. The lowest BCUT2D eigenvalue weighted by Gasteiger charge is -2.35. The van der Waals surface area contributed by atoms with Crippen LogP contribution >= 0.6 is 23.7 Å². The molecule has 0 saturated carbocycles. The molecule has 1 aromatic heterocycles. The lowest BCUT2D eigenvalue weighted by atomic mass is 10.1. The van der Waals surface area contributed by atoms with Crippen LogP contribution in [0.2, 0.25) is 0 Å². The number of carbonyl (C=O) groups is 2. The second kappa shape index (κ2) is 7.41. The number of rotatable bonds is 3. The maximum Gasteiger partial charge on any atom is 0.252 e. The van der Waals surface area contributed by atoms with Crippen LogP contribution in [0.3, 0.4) is 0 Å². The third-order valence-corrected chi connectivity index (χ3v) is 4.88. The van der Waals surface area contributed by atoms with Gasteiger partial charge in [0.25, 0.3) is 5.91 Å². The summed E-state index contributed by atoms with van der Waals surface area (Å²) in [6, 6.07) is 3.24. The fourth-order valence-corrected chi connectivity index (χ4v) is 3.71. The molecule has 2 aliphatic rings. The molecule has 2 amide bonds. The summed E-state index contributed by atoms with van der Waals surface area (Å²) >= 11 is 1.49. The number of nitrogens with two attached hydrogens (primary N) is 1. The lowest BCUT2D eigenvalue weighted by Crippen LogP contribution is -2.54. The van der Waals surface area contributed by atoms with Gasteiger partial charge in [-0.1, -0.05) is 6.07 Å². The third-order valence-electron chi connectivity index (χ3n) is 3.95. The summed E-state index contributed by atoms with van der Waals surface area (Å²) in [7, 11) is 0. The van der Waals surface area contributed by atoms with Crippen molar-refractivity contribution in [1.29, 1.82) is 0 Å². The molecule has 22 heavy (non-hydrogen) atoms. The van der Waals surface area contributed by atoms with E-state index in [2.05, 4.69) is 5.32 Å². The normalized spacial score (nSPS) is 28.1. The first kappa shape index (κ1) is 17.2. The highest BCUT2D eigenvalue weighted by Crippen LogP contribution is 2.30. The fraction of sp³-hybridized carbons (Fsp3) is 0.571. The maximum atomic E-state index is 12.7. The lowest BCUT2D eigenvalue weighted by molar-refractivity contribution is -0.151. The number of hydrogen-bond acceptors (Lipinski definition) is 5. The molecule has 8 heteroatoms. The van der Waals surface area contributed by atoms with Crippen molar-refractivity contribution in [2.45, 2.75) is 31.1 Å². The number of halogens is 1. The fourth-order valence-electron chi connectivity index (χ4n) is 2.88. The van der Waals surface area contributed by atoms with Gasteiger partial charge in [-0.15, -0.1) is 23.7 Å². The molecule has 1 aromatic rings. The van der Waals surface area contributed by atoms with Crippen molar-refractivity contribution in [2.24, 2.45) is 5.73 Å². The van der Waals surface area contributed by atoms with Gasteiger partial charge < -0.3 is 20.7 Å². The topological polar surface area (TPSA) is 84.7 Å². The average molecular weight is 346 g/mol. The van der Waals surface area contributed by atoms with Gasteiger partial charge in [-0.05, 0) is 24.3 Å². The van der Waals surface area contributed by atoms with Crippen LogP contribution in [0, 0.1) is 0 Å². The number of thiophene rings is 1. The molecule has 2 saturated heterocycles. The van der Waals surface area contributed by atoms with E-state index in [1.807, 2.05) is 17.5 Å². The first-order chi connectivity index (χ1) is 10.2. The maximum absolute atomic E-state index is 12.7. The second-order valence-electron chi connectivity index (χ2n) is 5.30. The van der Waals surface area contributed by atoms with Gasteiger partial charge in [-0.3, -0.25) is 9.59 Å². The highest BCUT2D eigenvalue weighted by molar-refractivity contribution is 7.10. The molecule has 0 bridgehead atoms. The molecule has 2 aliphatic heterocycles. The van der Waals surface area contributed by atoms with E-state index in [1.165, 1.54) is 11.3 Å². The molecule has 0 aromatic carbocycles. The molecule has 2 fully saturated rings. The van der Waals surface area contributed by atoms with Gasteiger partial charge in [0.1, 0.15) is 12.1 Å². The van der Waals surface area contributed by atoms with E-state index in [0.717, 1.165) is 11.3 Å². The molecular formula is C14H20ClN3O3S. The molecule has 6 nitrogen and oxygen atoms in total. The molecule has 0 aliphatic carbocycles. The summed E-state index contributed by atoms with van der Waals surface area (Å²) in [6.07, 6.45) is 0.969. The zero-order valence-corrected chi connectivity index (χ0v) is 13.7. The largest absolute Gasteiger partial charge is 0.364 e. The Bertz CT molecular complexity index is 525. The van der Waals surface area contributed by atoms with Crippen LogP contribution < -0.4 is 11.1 Å². The van der Waals surface area contributed by atoms with Gasteiger partial charge in [0.15, 0.2) is 0 Å². The van der Waals surface area contributed by atoms with Crippen LogP contribution in [0.5, 0.6) is 0 Å². The summed E-state index contributed by atoms with van der Waals surface area (Å²) in [5, 5.41) is 4.74. The van der Waals surface area contributed by atoms with Crippen molar-refractivity contribution in [3.05, 3.63) is 22.4 Å². The van der Waals surface area contributed by atoms with Crippen LogP contribution in [-0.2, 0) is 14.3 Å². The zero-order chi connectivity index (χ0) is 14.8. The van der Waals surface area contributed by atoms with Crippen molar-refractivity contribution < 1.29 is 14.3 Å². The summed E-state index contributed by atoms with van der Waals surface area (Å²) in [5.74, 6) is -0.218. The van der Waals surface area contributed by atoms with E-state index in [9.17, 15) is 9.59 Å². The minimum absolute atomic E-state index is 0. The van der Waals surface area contributed by atoms with Gasteiger partial charge >= 0.3 is 0 Å². The Kier molecular flexibility index (Phi) is 5.80. The Balaban J connectivity index is 0.00000176. The van der Waals surface area contributed by atoms with Crippen molar-refractivity contribution in [2.75, 3.05) is 19.6 Å². The molecule has 3 heterocycles. The number of carbonyl (C=O) groups excluding carboxylic acids is 2. The van der Waals surface area contributed by atoms with Gasteiger partial charge in [0, 0.05) is 24.5 Å². The highest BCUT2D eigenvalue weighted by atomic mass is 35.5. The minimum Gasteiger partial charge on any atom is -0.364 e. The number of ether oxygens (including phenoxy) is 1. The summed E-state index contributed by atoms with van der Waals surface area (Å²) in [6.45, 7) is 1.43. The van der Waals surface area contributed by atoms with Crippen LogP contribution in [0.1, 0.15) is 23.8 Å². The van der Waals surface area contributed by atoms with Gasteiger partial charge in [-0.2, -0.15) is 0 Å². The Hall–Kier alpha value is -1.15. The Morgan fingerprint density at radius 2 is 2.32 bits per heavy atom. The zero-order valence-electron chi connectivity index (χ0n) is 12.1. The number of hydrogen-bond donors (Lipinski definition) is 2. The van der Waals surface area contributed by atoms with Crippen molar-refractivity contribution in [3.63, 3.8) is 0 Å². The minimum atomic E-state index is -0.535. The number of nitrogens with zero attached hydrogens (tertiary/aromatic N) is 1. The van der Waals surface area contributed by atoms with Gasteiger partial charge in [0.05, 0.1) is 6.10 Å². The molecule has 122 valence electrons. The van der Waals surface area contributed by atoms with Gasteiger partial charge in [-0.25, -0.2) is 0 Å². The van der Waals surface area contributed by atoms with Crippen LogP contribution in [0.4, 0.5) is 0 Å². The Morgan fingerprint density at radius 1 is 1.50 bits per heavy atom. The highest BCUT2D eigenvalue weighted by Gasteiger charge is 2.40. The number of amides is 2. The molecule has 3 N–H and O–H groups in total. The van der Waals surface area contributed by atoms with Gasteiger partial charge in [0.2, 0.25) is 5.91 Å². The quantitative estimate of drug-likeness (QED) is 0.843. The molecule has 1 unspecified atom stereocenters. The molecular weight excluding hydrogens is 326 g/mol. The number of piperazine rings is 1. The number of nitrogens with one attached hydrogen (secondary N) is 1. The van der Waals surface area contributed by atoms with E-state index in [1.54, 1.807) is 4.90 Å². The first-order valence-electron chi connectivity index (χ1n) is 7.18. The predicted molar refractivity (Wildman–Crippen MR) is 86.0 cm³/mol. The summed E-state index contributed by atoms with van der Waals surface area (Å²) in [4.78, 5) is 27.4. The van der Waals surface area contributed by atoms with E-state index in [4.69, 9.17) is 10.5 Å². The Labute approximate surface area is 139 Å². The van der Waals surface area contributed by atoms with E-state index < -0.39 is 12.1 Å². The molecule has 3 atom stereocenters. The Morgan fingerprint density at radius 3 is 2.95 bits per heavy atom. The SMILES string of the molecule is Cl.NC[C@H]1CC[C@@H](C(=O)N2CCNC(=O)C2c2cccs2)O1. The third kappa shape index (κ3) is 3.27. The van der Waals surface area contributed by atoms with Crippen LogP contribution in [0.15, 0.2) is 17.5 Å². The smallest absolute Gasteiger partial charge is 0.252 e. The average Bonchev–Trinajstić information content (AvgIpc) is 3.17. The molecule has 0 spiro atoms. The van der Waals surface area contributed by atoms with Crippen LogP contribution in [0.25, 0.3) is 0 Å². The second-order valence-corrected chi connectivity index (χ2v) is 6.28. The van der Waals surface area contributed by atoms with Crippen molar-refractivity contribution >= 4 is 35.6 Å². The summed E-state index contributed by atoms with van der Waals surface area (Å²) in [5.41, 5.74) is 5.59. The van der Waals surface area contributed by atoms with E-state index in [0.29, 0.717) is 26.1 Å². The molecule has 0 radical (unpaired) electrons. The standard InChI is InChI=1S/C14H19N3O3S.ClH/c15-8-9-3-4-10(20-9)14(19)17-6-5-16-13(18)12(17)11-2-1-7-21-11;/h1-2,7,9-10,12H,3-6,8,15H2,(H,16,18);1H/t9-,10+,12?;/m1./s1. The predicted octanol–water partition coefficient (Wildman–Crippen LogP) is 0.676. The van der Waals surface area contributed by atoms with Crippen molar-refractivity contribution in [3.8, 4) is 0 Å². The van der Waals surface area contributed by atoms with Crippen molar-refractivity contribution in [1.82, 2.24) is 10.2 Å². The summed E-state index contributed by atoms with van der Waals surface area (Å²) < 4.78 is 5.68. The monoisotopic (exact) mass is 345 g/mol. The molecule has 3 rings (SSSR count). The van der Waals surface area contributed by atoms with Crippen LogP contribution in [-0.4, -0.2) is 48.6 Å². The van der Waals surface area contributed by atoms with E-state index >= 15 is 0 Å².